The number of nitrogens with zero attached hydrogens (tertiary/aromatic N) is 4. The minimum atomic E-state index is 0.00914. The van der Waals surface area contributed by atoms with Crippen molar-refractivity contribution in [3.05, 3.63) is 35.5 Å². The topological polar surface area (TPSA) is 61.4 Å². The number of pyridine rings is 1. The molecule has 0 radical (unpaired) electrons. The van der Waals surface area contributed by atoms with Crippen LogP contribution in [0.15, 0.2) is 29.8 Å². The fourth-order valence-corrected chi connectivity index (χ4v) is 3.27. The highest BCUT2D eigenvalue weighted by molar-refractivity contribution is 7.13. The van der Waals surface area contributed by atoms with Crippen molar-refractivity contribution in [1.29, 1.82) is 0 Å². The van der Waals surface area contributed by atoms with Gasteiger partial charge in [-0.15, -0.1) is 11.3 Å². The molecule has 122 valence electrons. The summed E-state index contributed by atoms with van der Waals surface area (Å²) in [5.74, 6) is 1.06. The van der Waals surface area contributed by atoms with Crippen molar-refractivity contribution in [3.63, 3.8) is 0 Å². The third-order valence-corrected chi connectivity index (χ3v) is 4.66. The molecule has 3 rings (SSSR count). The Morgan fingerprint density at radius 1 is 1.30 bits per heavy atom. The van der Waals surface area contributed by atoms with E-state index in [0.29, 0.717) is 11.6 Å². The quantitative estimate of drug-likeness (QED) is 0.910. The molecule has 0 atom stereocenters. The molecule has 0 spiro atoms. The normalized spacial score (nSPS) is 15.6. The van der Waals surface area contributed by atoms with E-state index >= 15 is 0 Å². The molecular weight excluding hydrogens is 310 g/mol. The average Bonchev–Trinajstić information content (AvgIpc) is 3.03. The minimum absolute atomic E-state index is 0.00914. The Morgan fingerprint density at radius 3 is 2.83 bits per heavy atom. The largest absolute Gasteiger partial charge is 0.354 e. The molecule has 0 aromatic carbocycles. The van der Waals surface area contributed by atoms with Gasteiger partial charge in [-0.1, -0.05) is 13.0 Å². The van der Waals surface area contributed by atoms with E-state index in [0.717, 1.165) is 44.2 Å². The van der Waals surface area contributed by atoms with Gasteiger partial charge in [-0.2, -0.15) is 0 Å². The fourth-order valence-electron chi connectivity index (χ4n) is 2.55. The molecule has 1 aliphatic heterocycles. The number of hydrogen-bond acceptors (Lipinski definition) is 6. The van der Waals surface area contributed by atoms with Crippen LogP contribution in [-0.2, 0) is 11.3 Å². The molecular formula is C16H21N5OS. The average molecular weight is 331 g/mol. The number of thiazole rings is 1. The van der Waals surface area contributed by atoms with Crippen LogP contribution in [0.4, 0.5) is 10.9 Å². The second kappa shape index (κ2) is 7.52. The van der Waals surface area contributed by atoms with E-state index in [2.05, 4.69) is 31.2 Å². The zero-order valence-electron chi connectivity index (χ0n) is 13.2. The molecule has 23 heavy (non-hydrogen) atoms. The molecule has 1 saturated heterocycles. The Morgan fingerprint density at radius 2 is 2.13 bits per heavy atom. The van der Waals surface area contributed by atoms with Gasteiger partial charge >= 0.3 is 0 Å². The third-order valence-electron chi connectivity index (χ3n) is 3.85. The number of hydrogen-bond donors (Lipinski definition) is 1. The predicted molar refractivity (Wildman–Crippen MR) is 92.8 cm³/mol. The number of nitrogens with one attached hydrogen (secondary N) is 1. The van der Waals surface area contributed by atoms with Crippen LogP contribution in [0.3, 0.4) is 0 Å². The standard InChI is InChI=1S/C16H21N5OS/c1-2-15(22)19-16-18-13(12-23-16)11-20-7-9-21(10-8-20)14-5-3-4-6-17-14/h3-6,12H,2,7-11H2,1H3,(H,18,19,22). The highest BCUT2D eigenvalue weighted by Gasteiger charge is 2.18. The molecule has 2 aromatic rings. The van der Waals surface area contributed by atoms with Crippen molar-refractivity contribution in [2.24, 2.45) is 0 Å². The molecule has 1 aliphatic rings. The maximum absolute atomic E-state index is 11.4. The van der Waals surface area contributed by atoms with Crippen molar-refractivity contribution < 1.29 is 4.79 Å². The number of piperazine rings is 1. The van der Waals surface area contributed by atoms with Gasteiger partial charge in [0.1, 0.15) is 5.82 Å². The van der Waals surface area contributed by atoms with Gasteiger partial charge in [0.05, 0.1) is 5.69 Å². The van der Waals surface area contributed by atoms with E-state index in [-0.39, 0.29) is 5.91 Å². The SMILES string of the molecule is CCC(=O)Nc1nc(CN2CCN(c3ccccn3)CC2)cs1. The molecule has 1 N–H and O–H groups in total. The fraction of sp³-hybridized carbons (Fsp3) is 0.438. The zero-order chi connectivity index (χ0) is 16.1. The van der Waals surface area contributed by atoms with Gasteiger partial charge in [0.15, 0.2) is 5.13 Å². The van der Waals surface area contributed by atoms with Gasteiger partial charge in [-0.25, -0.2) is 9.97 Å². The van der Waals surface area contributed by atoms with Crippen molar-refractivity contribution >= 4 is 28.2 Å². The number of rotatable bonds is 5. The van der Waals surface area contributed by atoms with Gasteiger partial charge in [-0.3, -0.25) is 9.69 Å². The third kappa shape index (κ3) is 4.27. The van der Waals surface area contributed by atoms with E-state index in [1.54, 1.807) is 0 Å². The van der Waals surface area contributed by atoms with Crippen LogP contribution in [0, 0.1) is 0 Å². The molecule has 0 bridgehead atoms. The highest BCUT2D eigenvalue weighted by Crippen LogP contribution is 2.18. The van der Waals surface area contributed by atoms with E-state index in [9.17, 15) is 4.79 Å². The molecule has 2 aromatic heterocycles. The van der Waals surface area contributed by atoms with Crippen LogP contribution in [0.25, 0.3) is 0 Å². The summed E-state index contributed by atoms with van der Waals surface area (Å²) in [6.45, 7) is 6.59. The smallest absolute Gasteiger partial charge is 0.225 e. The van der Waals surface area contributed by atoms with Crippen LogP contribution in [0.1, 0.15) is 19.0 Å². The first-order valence-corrected chi connectivity index (χ1v) is 8.75. The van der Waals surface area contributed by atoms with Crippen molar-refractivity contribution in [2.75, 3.05) is 36.4 Å². The van der Waals surface area contributed by atoms with Crippen LogP contribution in [0.2, 0.25) is 0 Å². The number of carbonyl (C=O) groups is 1. The lowest BCUT2D eigenvalue weighted by molar-refractivity contribution is -0.115. The lowest BCUT2D eigenvalue weighted by atomic mass is 10.3. The summed E-state index contributed by atoms with van der Waals surface area (Å²) in [7, 11) is 0. The Balaban J connectivity index is 1.50. The first kappa shape index (κ1) is 15.9. The first-order chi connectivity index (χ1) is 11.2. The Labute approximate surface area is 140 Å². The second-order valence-corrected chi connectivity index (χ2v) is 6.35. The molecule has 7 heteroatoms. The lowest BCUT2D eigenvalue weighted by Gasteiger charge is -2.35. The van der Waals surface area contributed by atoms with Crippen molar-refractivity contribution in [2.45, 2.75) is 19.9 Å². The Kier molecular flexibility index (Phi) is 5.19. The summed E-state index contributed by atoms with van der Waals surface area (Å²) in [5.41, 5.74) is 1.02. The molecule has 3 heterocycles. The van der Waals surface area contributed by atoms with Crippen LogP contribution in [0.5, 0.6) is 0 Å². The summed E-state index contributed by atoms with van der Waals surface area (Å²) in [6.07, 6.45) is 2.31. The zero-order valence-corrected chi connectivity index (χ0v) is 14.1. The summed E-state index contributed by atoms with van der Waals surface area (Å²) in [4.78, 5) is 25.0. The molecule has 0 aliphatic carbocycles. The van der Waals surface area contributed by atoms with E-state index < -0.39 is 0 Å². The molecule has 6 nitrogen and oxygen atoms in total. The van der Waals surface area contributed by atoms with Crippen LogP contribution in [-0.4, -0.2) is 47.0 Å². The summed E-state index contributed by atoms with van der Waals surface area (Å²) < 4.78 is 0. The Hall–Kier alpha value is -1.99. The number of carbonyl (C=O) groups excluding carboxylic acids is 1. The minimum Gasteiger partial charge on any atom is -0.354 e. The van der Waals surface area contributed by atoms with E-state index in [1.165, 1.54) is 11.3 Å². The Bertz CT molecular complexity index is 637. The van der Waals surface area contributed by atoms with Crippen molar-refractivity contribution in [1.82, 2.24) is 14.9 Å². The van der Waals surface area contributed by atoms with Gasteiger partial charge in [0, 0.05) is 50.7 Å². The van der Waals surface area contributed by atoms with E-state index in [1.807, 2.05) is 30.6 Å². The maximum atomic E-state index is 11.4. The van der Waals surface area contributed by atoms with Gasteiger partial charge in [-0.05, 0) is 12.1 Å². The van der Waals surface area contributed by atoms with Gasteiger partial charge in [0.2, 0.25) is 5.91 Å². The summed E-state index contributed by atoms with van der Waals surface area (Å²) >= 11 is 1.49. The van der Waals surface area contributed by atoms with E-state index in [4.69, 9.17) is 0 Å². The molecule has 0 unspecified atom stereocenters. The number of aromatic nitrogens is 2. The highest BCUT2D eigenvalue weighted by atomic mass is 32.1. The monoisotopic (exact) mass is 331 g/mol. The predicted octanol–water partition coefficient (Wildman–Crippen LogP) is 2.21. The number of amides is 1. The van der Waals surface area contributed by atoms with Crippen molar-refractivity contribution in [3.8, 4) is 0 Å². The molecule has 0 saturated carbocycles. The van der Waals surface area contributed by atoms with Gasteiger partial charge < -0.3 is 10.2 Å². The maximum Gasteiger partial charge on any atom is 0.225 e. The first-order valence-electron chi connectivity index (χ1n) is 7.87. The molecule has 1 amide bonds. The summed E-state index contributed by atoms with van der Waals surface area (Å²) in [5, 5.41) is 5.53. The second-order valence-electron chi connectivity index (χ2n) is 5.50. The van der Waals surface area contributed by atoms with Crippen LogP contribution < -0.4 is 10.2 Å². The van der Waals surface area contributed by atoms with Crippen LogP contribution >= 0.6 is 11.3 Å². The lowest BCUT2D eigenvalue weighted by Crippen LogP contribution is -2.46. The van der Waals surface area contributed by atoms with Gasteiger partial charge in [0.25, 0.3) is 0 Å². The number of anilines is 2. The summed E-state index contributed by atoms with van der Waals surface area (Å²) in [6, 6.07) is 6.02. The molecule has 1 fully saturated rings.